The average molecular weight is 442 g/mol. The molecule has 9 heteroatoms. The molecule has 0 spiro atoms. The molecular formula is C23H31N5O4. The molecule has 0 radical (unpaired) electrons. The molecule has 0 atom stereocenters. The van der Waals surface area contributed by atoms with Gasteiger partial charge in [0.05, 0.1) is 18.2 Å². The van der Waals surface area contributed by atoms with E-state index in [-0.39, 0.29) is 17.8 Å². The molecule has 0 unspecified atom stereocenters. The van der Waals surface area contributed by atoms with Crippen LogP contribution in [0.15, 0.2) is 39.9 Å². The van der Waals surface area contributed by atoms with E-state index in [1.807, 2.05) is 12.1 Å². The van der Waals surface area contributed by atoms with Crippen LogP contribution in [0.25, 0.3) is 0 Å². The number of benzene rings is 1. The van der Waals surface area contributed by atoms with Gasteiger partial charge >= 0.3 is 11.8 Å². The normalized spacial score (nSPS) is 13.5. The predicted molar refractivity (Wildman–Crippen MR) is 123 cm³/mol. The van der Waals surface area contributed by atoms with Crippen molar-refractivity contribution in [1.82, 2.24) is 9.13 Å². The molecule has 0 saturated carbocycles. The van der Waals surface area contributed by atoms with E-state index in [0.717, 1.165) is 36.1 Å². The largest absolute Gasteiger partial charge is 0.444 e. The zero-order valence-electron chi connectivity index (χ0n) is 19.1. The van der Waals surface area contributed by atoms with Gasteiger partial charge in [-0.05, 0) is 51.7 Å². The number of primary amides is 1. The number of hydrogen-bond donors (Lipinski definition) is 1. The Morgan fingerprint density at radius 2 is 1.78 bits per heavy atom. The molecule has 2 aromatic rings. The smallest absolute Gasteiger partial charge is 0.405 e. The Labute approximate surface area is 187 Å². The highest BCUT2D eigenvalue weighted by Gasteiger charge is 2.18. The lowest BCUT2D eigenvalue weighted by Gasteiger charge is -2.31. The number of aromatic nitrogens is 2. The second kappa shape index (κ2) is 10.7. The second-order valence-electron chi connectivity index (χ2n) is 8.62. The number of carbonyl (C=O) groups is 1. The van der Waals surface area contributed by atoms with Crippen LogP contribution >= 0.6 is 0 Å². The van der Waals surface area contributed by atoms with Gasteiger partial charge in [-0.2, -0.15) is 5.26 Å². The minimum Gasteiger partial charge on any atom is -0.444 e. The van der Waals surface area contributed by atoms with Crippen LogP contribution in [0.1, 0.15) is 51.2 Å². The van der Waals surface area contributed by atoms with Gasteiger partial charge in [-0.3, -0.25) is 13.9 Å². The predicted octanol–water partition coefficient (Wildman–Crippen LogP) is 2.34. The third kappa shape index (κ3) is 6.74. The summed E-state index contributed by atoms with van der Waals surface area (Å²) in [5, 5.41) is 9.28. The van der Waals surface area contributed by atoms with Crippen LogP contribution in [0.3, 0.4) is 0 Å². The number of hydrogen-bond acceptors (Lipinski definition) is 6. The van der Waals surface area contributed by atoms with Gasteiger partial charge in [-0.15, -0.1) is 0 Å². The summed E-state index contributed by atoms with van der Waals surface area (Å²) in [5.74, 6) is 0.649. The van der Waals surface area contributed by atoms with E-state index in [2.05, 4.69) is 15.7 Å². The van der Waals surface area contributed by atoms with E-state index < -0.39 is 11.7 Å². The van der Waals surface area contributed by atoms with Crippen LogP contribution in [-0.4, -0.2) is 33.9 Å². The lowest BCUT2D eigenvalue weighted by molar-refractivity contribution is 0.0600. The summed E-state index contributed by atoms with van der Waals surface area (Å²) in [4.78, 5) is 36.9. The maximum atomic E-state index is 12.7. The number of anilines is 1. The van der Waals surface area contributed by atoms with E-state index in [1.165, 1.54) is 19.5 Å². The number of piperidine rings is 1. The topological polar surface area (TPSA) is 123 Å². The Kier molecular flexibility index (Phi) is 8.24. The molecule has 172 valence electrons. The summed E-state index contributed by atoms with van der Waals surface area (Å²) in [6, 6.07) is 10.9. The molecule has 1 aromatic carbocycles. The van der Waals surface area contributed by atoms with E-state index in [4.69, 9.17) is 5.73 Å². The number of nitriles is 1. The molecule has 1 saturated heterocycles. The van der Waals surface area contributed by atoms with Crippen molar-refractivity contribution in [1.29, 1.82) is 5.26 Å². The molecule has 1 amide bonds. The lowest BCUT2D eigenvalue weighted by Crippen LogP contribution is -2.43. The zero-order valence-corrected chi connectivity index (χ0v) is 19.1. The summed E-state index contributed by atoms with van der Waals surface area (Å²) >= 11 is 0. The maximum Gasteiger partial charge on any atom is 0.405 e. The first-order valence-electron chi connectivity index (χ1n) is 10.6. The maximum absolute atomic E-state index is 12.7. The molecule has 32 heavy (non-hydrogen) atoms. The fraction of sp³-hybridized carbons (Fsp3) is 0.478. The van der Waals surface area contributed by atoms with E-state index in [1.54, 1.807) is 37.5 Å². The molecule has 1 aromatic heterocycles. The van der Waals surface area contributed by atoms with Crippen LogP contribution in [0.4, 0.5) is 10.6 Å². The van der Waals surface area contributed by atoms with Crippen molar-refractivity contribution in [3.63, 3.8) is 0 Å². The van der Waals surface area contributed by atoms with Gasteiger partial charge in [0.25, 0.3) is 5.56 Å². The Bertz CT molecular complexity index is 1100. The minimum absolute atomic E-state index is 0.280. The summed E-state index contributed by atoms with van der Waals surface area (Å²) in [6.45, 7) is 7.24. The molecular weight excluding hydrogens is 410 g/mol. The highest BCUT2D eigenvalue weighted by molar-refractivity contribution is 5.65. The summed E-state index contributed by atoms with van der Waals surface area (Å²) in [7, 11) is 1.48. The summed E-state index contributed by atoms with van der Waals surface area (Å²) < 4.78 is 7.29. The quantitative estimate of drug-likeness (QED) is 0.780. The van der Waals surface area contributed by atoms with Crippen molar-refractivity contribution in [2.24, 2.45) is 12.8 Å². The molecule has 2 heterocycles. The molecule has 1 fully saturated rings. The van der Waals surface area contributed by atoms with Crippen LogP contribution in [-0.2, 0) is 18.3 Å². The zero-order chi connectivity index (χ0) is 23.9. The second-order valence-corrected chi connectivity index (χ2v) is 8.62. The number of ether oxygens (including phenoxy) is 1. The van der Waals surface area contributed by atoms with E-state index in [9.17, 15) is 19.6 Å². The van der Waals surface area contributed by atoms with Crippen LogP contribution < -0.4 is 21.9 Å². The number of carbonyl (C=O) groups excluding carboxylic acids is 1. The molecule has 0 aliphatic carbocycles. The van der Waals surface area contributed by atoms with Gasteiger partial charge in [0.15, 0.2) is 0 Å². The molecule has 1 aliphatic heterocycles. The molecule has 3 rings (SSSR count). The average Bonchev–Trinajstić information content (AvgIpc) is 2.73. The van der Waals surface area contributed by atoms with Crippen molar-refractivity contribution in [2.75, 3.05) is 18.0 Å². The van der Waals surface area contributed by atoms with Crippen LogP contribution in [0.2, 0.25) is 0 Å². The summed E-state index contributed by atoms with van der Waals surface area (Å²) in [5.41, 5.74) is 4.93. The molecule has 9 nitrogen and oxygen atoms in total. The standard InChI is InChI=1S/C18H20N4O2.C5H11NO2/c1-20-17(23)11-16(21-9-5-2-6-10-21)22(18(20)24)13-15-8-4-3-7-14(15)12-19;1-5(2,3)8-4(6)7/h3-4,7-8,11H,2,5-6,9-10,13H2,1H3;1-3H3,(H2,6,7). The van der Waals surface area contributed by atoms with Gasteiger partial charge < -0.3 is 15.4 Å². The third-order valence-electron chi connectivity index (χ3n) is 4.93. The van der Waals surface area contributed by atoms with E-state index in [0.29, 0.717) is 11.4 Å². The number of rotatable bonds is 3. The van der Waals surface area contributed by atoms with E-state index >= 15 is 0 Å². The lowest BCUT2D eigenvalue weighted by atomic mass is 10.1. The number of nitrogens with zero attached hydrogens (tertiary/aromatic N) is 4. The van der Waals surface area contributed by atoms with Crippen molar-refractivity contribution < 1.29 is 9.53 Å². The summed E-state index contributed by atoms with van der Waals surface area (Å²) in [6.07, 6.45) is 2.55. The highest BCUT2D eigenvalue weighted by Crippen LogP contribution is 2.19. The fourth-order valence-corrected chi connectivity index (χ4v) is 3.43. The monoisotopic (exact) mass is 441 g/mol. The van der Waals surface area contributed by atoms with Gasteiger partial charge in [0.1, 0.15) is 11.4 Å². The van der Waals surface area contributed by atoms with Crippen molar-refractivity contribution >= 4 is 11.9 Å². The van der Waals surface area contributed by atoms with Gasteiger partial charge in [-0.1, -0.05) is 18.2 Å². The van der Waals surface area contributed by atoms with Gasteiger partial charge in [-0.25, -0.2) is 9.59 Å². The van der Waals surface area contributed by atoms with Crippen molar-refractivity contribution in [3.8, 4) is 6.07 Å². The van der Waals surface area contributed by atoms with Crippen molar-refractivity contribution in [3.05, 3.63) is 62.3 Å². The molecule has 2 N–H and O–H groups in total. The fourth-order valence-electron chi connectivity index (χ4n) is 3.43. The van der Waals surface area contributed by atoms with Gasteiger partial charge in [0, 0.05) is 26.2 Å². The van der Waals surface area contributed by atoms with Gasteiger partial charge in [0.2, 0.25) is 0 Å². The van der Waals surface area contributed by atoms with Crippen LogP contribution in [0.5, 0.6) is 0 Å². The van der Waals surface area contributed by atoms with Crippen molar-refractivity contribution in [2.45, 2.75) is 52.2 Å². The minimum atomic E-state index is -0.725. The SMILES string of the molecule is CC(C)(C)OC(N)=O.Cn1c(=O)cc(N2CCCCC2)n(Cc2ccccc2C#N)c1=O. The number of amides is 1. The Morgan fingerprint density at radius 1 is 1.16 bits per heavy atom. The Morgan fingerprint density at radius 3 is 2.31 bits per heavy atom. The first-order valence-corrected chi connectivity index (χ1v) is 10.6. The first-order chi connectivity index (χ1) is 15.0. The van der Waals surface area contributed by atoms with Crippen LogP contribution in [0, 0.1) is 11.3 Å². The molecule has 0 bridgehead atoms. The highest BCUT2D eigenvalue weighted by atomic mass is 16.6. The molecule has 1 aliphatic rings. The number of nitrogens with two attached hydrogens (primary N) is 1. The Hall–Kier alpha value is -3.54. The third-order valence-corrected chi connectivity index (χ3v) is 4.93. The Balaban J connectivity index is 0.000000390. The first kappa shape index (κ1) is 24.7.